The maximum Gasteiger partial charge on any atom is 0.217 e. The van der Waals surface area contributed by atoms with Crippen LogP contribution in [-0.2, 0) is 4.79 Å². The number of hydrogen-bond acceptors (Lipinski definition) is 2. The highest BCUT2D eigenvalue weighted by Gasteiger charge is 2.37. The number of unbranched alkanes of at least 4 members (excludes halogenated alkanes) is 3. The molecule has 4 nitrogen and oxygen atoms in total. The van der Waals surface area contributed by atoms with Gasteiger partial charge in [-0.25, -0.2) is 4.99 Å². The fourth-order valence-corrected chi connectivity index (χ4v) is 2.93. The molecule has 0 fully saturated rings. The van der Waals surface area contributed by atoms with Crippen molar-refractivity contribution in [2.24, 2.45) is 4.99 Å². The SMILES string of the molecule is C=CCCCCCC1N=CC[N+]1(CC)CCNC(C)=O. The van der Waals surface area contributed by atoms with Crippen molar-refractivity contribution < 1.29 is 9.28 Å². The number of nitrogens with one attached hydrogen (secondary N) is 1. The average Bonchev–Trinajstić information content (AvgIpc) is 2.82. The summed E-state index contributed by atoms with van der Waals surface area (Å²) in [6, 6.07) is 0. The molecular formula is C16H30N3O+. The van der Waals surface area contributed by atoms with Crippen LogP contribution in [0.1, 0.15) is 46.0 Å². The molecule has 0 aliphatic carbocycles. The quantitative estimate of drug-likeness (QED) is 0.373. The third-order valence-corrected chi connectivity index (χ3v) is 4.29. The molecule has 1 rings (SSSR count). The van der Waals surface area contributed by atoms with E-state index in [1.54, 1.807) is 6.92 Å². The van der Waals surface area contributed by atoms with Crippen molar-refractivity contribution >= 4 is 12.1 Å². The number of hydrogen-bond donors (Lipinski definition) is 1. The van der Waals surface area contributed by atoms with Gasteiger partial charge in [-0.15, -0.1) is 6.58 Å². The van der Waals surface area contributed by atoms with E-state index in [-0.39, 0.29) is 5.91 Å². The number of amides is 1. The van der Waals surface area contributed by atoms with Gasteiger partial charge in [-0.05, 0) is 26.2 Å². The van der Waals surface area contributed by atoms with Gasteiger partial charge in [-0.1, -0.05) is 12.5 Å². The van der Waals surface area contributed by atoms with Crippen molar-refractivity contribution in [1.82, 2.24) is 5.32 Å². The molecule has 2 atom stereocenters. The monoisotopic (exact) mass is 280 g/mol. The molecule has 1 heterocycles. The summed E-state index contributed by atoms with van der Waals surface area (Å²) < 4.78 is 1.00. The minimum Gasteiger partial charge on any atom is -0.351 e. The third-order valence-electron chi connectivity index (χ3n) is 4.29. The van der Waals surface area contributed by atoms with Gasteiger partial charge in [-0.3, -0.25) is 9.28 Å². The number of carbonyl (C=O) groups excluding carboxylic acids is 1. The summed E-state index contributed by atoms with van der Waals surface area (Å²) in [4.78, 5) is 15.7. The predicted molar refractivity (Wildman–Crippen MR) is 84.8 cm³/mol. The Morgan fingerprint density at radius 3 is 2.95 bits per heavy atom. The summed E-state index contributed by atoms with van der Waals surface area (Å²) in [5, 5.41) is 2.91. The molecule has 1 aliphatic heterocycles. The maximum atomic E-state index is 11.0. The molecule has 0 aromatic carbocycles. The normalized spacial score (nSPS) is 24.8. The van der Waals surface area contributed by atoms with Gasteiger partial charge in [0.1, 0.15) is 6.54 Å². The fraction of sp³-hybridized carbons (Fsp3) is 0.750. The van der Waals surface area contributed by atoms with Crippen molar-refractivity contribution in [3.8, 4) is 0 Å². The highest BCUT2D eigenvalue weighted by Crippen LogP contribution is 2.23. The molecule has 0 radical (unpaired) electrons. The molecule has 1 N–H and O–H groups in total. The molecule has 0 bridgehead atoms. The van der Waals surface area contributed by atoms with Gasteiger partial charge in [0.25, 0.3) is 0 Å². The zero-order chi connectivity index (χ0) is 14.8. The summed E-state index contributed by atoms with van der Waals surface area (Å²) in [5.41, 5.74) is 0. The maximum absolute atomic E-state index is 11.0. The second kappa shape index (κ2) is 8.90. The molecule has 0 spiro atoms. The third kappa shape index (κ3) is 5.08. The molecule has 0 aromatic rings. The molecule has 0 aromatic heterocycles. The highest BCUT2D eigenvalue weighted by molar-refractivity contribution is 5.72. The lowest BCUT2D eigenvalue weighted by atomic mass is 10.1. The van der Waals surface area contributed by atoms with Gasteiger partial charge in [0.15, 0.2) is 6.17 Å². The molecule has 0 saturated heterocycles. The molecule has 1 amide bonds. The standard InChI is InChI=1S/C16H29N3O/c1-4-6-7-8-9-10-16-18-12-14-19(16,5-2)13-11-17-15(3)20/h4,12,16H,1,5-11,13-14H2,2-3H3/p+1. The van der Waals surface area contributed by atoms with Crippen molar-refractivity contribution in [1.29, 1.82) is 0 Å². The number of aliphatic imine (C=N–C) groups is 1. The van der Waals surface area contributed by atoms with Crippen LogP contribution in [0.25, 0.3) is 0 Å². The van der Waals surface area contributed by atoms with E-state index in [2.05, 4.69) is 25.0 Å². The van der Waals surface area contributed by atoms with Crippen molar-refractivity contribution in [3.63, 3.8) is 0 Å². The largest absolute Gasteiger partial charge is 0.351 e. The van der Waals surface area contributed by atoms with Crippen LogP contribution in [0.4, 0.5) is 0 Å². The Balaban J connectivity index is 2.39. The van der Waals surface area contributed by atoms with E-state index in [0.717, 1.165) is 43.5 Å². The molecule has 114 valence electrons. The van der Waals surface area contributed by atoms with Crippen LogP contribution in [0.2, 0.25) is 0 Å². The topological polar surface area (TPSA) is 41.5 Å². The first-order valence-corrected chi connectivity index (χ1v) is 7.87. The van der Waals surface area contributed by atoms with Gasteiger partial charge >= 0.3 is 0 Å². The first-order chi connectivity index (χ1) is 9.64. The van der Waals surface area contributed by atoms with Crippen LogP contribution < -0.4 is 5.32 Å². The Morgan fingerprint density at radius 2 is 2.30 bits per heavy atom. The minimum absolute atomic E-state index is 0.0559. The van der Waals surface area contributed by atoms with Crippen molar-refractivity contribution in [3.05, 3.63) is 12.7 Å². The van der Waals surface area contributed by atoms with E-state index in [1.165, 1.54) is 19.3 Å². The number of nitrogens with zero attached hydrogens (tertiary/aromatic N) is 2. The molecular weight excluding hydrogens is 250 g/mol. The van der Waals surface area contributed by atoms with E-state index in [4.69, 9.17) is 4.99 Å². The van der Waals surface area contributed by atoms with Crippen LogP contribution in [0, 0.1) is 0 Å². The lowest BCUT2D eigenvalue weighted by Gasteiger charge is -2.38. The number of quaternary nitrogens is 1. The van der Waals surface area contributed by atoms with Crippen LogP contribution in [0.15, 0.2) is 17.6 Å². The van der Waals surface area contributed by atoms with Gasteiger partial charge < -0.3 is 5.32 Å². The van der Waals surface area contributed by atoms with E-state index in [9.17, 15) is 4.79 Å². The zero-order valence-corrected chi connectivity index (χ0v) is 13.1. The smallest absolute Gasteiger partial charge is 0.217 e. The average molecular weight is 280 g/mol. The molecule has 1 aliphatic rings. The number of carbonyl (C=O) groups is 1. The lowest BCUT2D eigenvalue weighted by molar-refractivity contribution is -0.935. The number of likely N-dealkylation sites (N-methyl/N-ethyl adjacent to an activating group) is 1. The summed E-state index contributed by atoms with van der Waals surface area (Å²) in [6.07, 6.45) is 10.4. The molecule has 2 unspecified atom stereocenters. The molecule has 20 heavy (non-hydrogen) atoms. The summed E-state index contributed by atoms with van der Waals surface area (Å²) in [5.74, 6) is 0.0559. The predicted octanol–water partition coefficient (Wildman–Crippen LogP) is 2.51. The summed E-state index contributed by atoms with van der Waals surface area (Å²) in [6.45, 7) is 11.4. The Morgan fingerprint density at radius 1 is 1.50 bits per heavy atom. The van der Waals surface area contributed by atoms with E-state index in [0.29, 0.717) is 6.17 Å². The second-order valence-corrected chi connectivity index (χ2v) is 5.66. The van der Waals surface area contributed by atoms with E-state index in [1.807, 2.05) is 6.08 Å². The summed E-state index contributed by atoms with van der Waals surface area (Å²) in [7, 11) is 0. The Bertz CT molecular complexity index is 341. The first-order valence-electron chi connectivity index (χ1n) is 7.87. The molecule has 4 heteroatoms. The highest BCUT2D eigenvalue weighted by atomic mass is 16.1. The van der Waals surface area contributed by atoms with E-state index < -0.39 is 0 Å². The zero-order valence-electron chi connectivity index (χ0n) is 13.1. The van der Waals surface area contributed by atoms with Gasteiger partial charge in [0.2, 0.25) is 5.91 Å². The second-order valence-electron chi connectivity index (χ2n) is 5.66. The summed E-state index contributed by atoms with van der Waals surface area (Å²) >= 11 is 0. The van der Waals surface area contributed by atoms with Crippen molar-refractivity contribution in [2.45, 2.75) is 52.1 Å². The van der Waals surface area contributed by atoms with Crippen molar-refractivity contribution in [2.75, 3.05) is 26.2 Å². The number of allylic oxidation sites excluding steroid dienone is 1. The van der Waals surface area contributed by atoms with Gasteiger partial charge in [0.05, 0.1) is 25.8 Å². The van der Waals surface area contributed by atoms with Crippen LogP contribution >= 0.6 is 0 Å². The Kier molecular flexibility index (Phi) is 7.52. The Hall–Kier alpha value is -1.16. The minimum atomic E-state index is 0.0559. The van der Waals surface area contributed by atoms with Crippen LogP contribution in [0.5, 0.6) is 0 Å². The van der Waals surface area contributed by atoms with Crippen LogP contribution in [0.3, 0.4) is 0 Å². The lowest BCUT2D eigenvalue weighted by Crippen LogP contribution is -2.55. The fourth-order valence-electron chi connectivity index (χ4n) is 2.93. The Labute approximate surface area is 123 Å². The van der Waals surface area contributed by atoms with Gasteiger partial charge in [-0.2, -0.15) is 0 Å². The van der Waals surface area contributed by atoms with Gasteiger partial charge in [0, 0.05) is 13.3 Å². The molecule has 0 saturated carbocycles. The number of rotatable bonds is 10. The van der Waals surface area contributed by atoms with E-state index >= 15 is 0 Å². The first kappa shape index (κ1) is 16.9. The van der Waals surface area contributed by atoms with Crippen LogP contribution in [-0.4, -0.2) is 48.9 Å².